The van der Waals surface area contributed by atoms with Crippen LogP contribution in [0.4, 0.5) is 0 Å². The van der Waals surface area contributed by atoms with E-state index in [-0.39, 0.29) is 6.61 Å². The maximum absolute atomic E-state index is 8.53. The van der Waals surface area contributed by atoms with E-state index in [0.29, 0.717) is 0 Å². The highest BCUT2D eigenvalue weighted by Crippen LogP contribution is 2.13. The molecule has 3 nitrogen and oxygen atoms in total. The number of hydrogen-bond acceptors (Lipinski definition) is 2. The first-order valence-electron chi connectivity index (χ1n) is 3.94. The molecule has 0 aliphatic carbocycles. The molecule has 0 saturated heterocycles. The molecule has 0 amide bonds. The number of fused-ring (bicyclic) bond motifs is 1. The number of aliphatic hydroxyl groups excluding tert-OH is 1. The van der Waals surface area contributed by atoms with Gasteiger partial charge in [-0.15, -0.1) is 0 Å². The SMILES string of the molecule is OCC#Cc1[nH]nc2ccccc12. The smallest absolute Gasteiger partial charge is 0.115 e. The summed E-state index contributed by atoms with van der Waals surface area (Å²) < 4.78 is 0. The summed E-state index contributed by atoms with van der Waals surface area (Å²) in [5.41, 5.74) is 1.65. The molecular formula is C10H8N2O. The monoisotopic (exact) mass is 172 g/mol. The van der Waals surface area contributed by atoms with Crippen LogP contribution in [0.15, 0.2) is 24.3 Å². The molecule has 0 fully saturated rings. The molecule has 1 aromatic carbocycles. The zero-order valence-electron chi connectivity index (χ0n) is 6.91. The van der Waals surface area contributed by atoms with Gasteiger partial charge in [0.15, 0.2) is 0 Å². The van der Waals surface area contributed by atoms with Crippen molar-refractivity contribution in [1.82, 2.24) is 10.2 Å². The summed E-state index contributed by atoms with van der Waals surface area (Å²) in [5.74, 6) is 5.38. The molecule has 0 bridgehead atoms. The fourth-order valence-corrected chi connectivity index (χ4v) is 1.18. The van der Waals surface area contributed by atoms with Gasteiger partial charge in [0.25, 0.3) is 0 Å². The fourth-order valence-electron chi connectivity index (χ4n) is 1.18. The quantitative estimate of drug-likeness (QED) is 0.580. The minimum Gasteiger partial charge on any atom is -0.384 e. The molecule has 0 atom stereocenters. The molecule has 0 unspecified atom stereocenters. The highest BCUT2D eigenvalue weighted by molar-refractivity contribution is 5.83. The Bertz CT molecular complexity index is 476. The van der Waals surface area contributed by atoms with E-state index < -0.39 is 0 Å². The molecule has 2 aromatic rings. The number of nitrogens with one attached hydrogen (secondary N) is 1. The lowest BCUT2D eigenvalue weighted by molar-refractivity contribution is 0.350. The molecule has 3 heteroatoms. The summed E-state index contributed by atoms with van der Waals surface area (Å²) in [6.07, 6.45) is 0. The molecule has 0 radical (unpaired) electrons. The van der Waals surface area contributed by atoms with Crippen molar-refractivity contribution < 1.29 is 5.11 Å². The number of nitrogens with zero attached hydrogens (tertiary/aromatic N) is 1. The van der Waals surface area contributed by atoms with E-state index in [1.54, 1.807) is 0 Å². The number of aromatic nitrogens is 2. The van der Waals surface area contributed by atoms with Crippen LogP contribution < -0.4 is 0 Å². The number of H-pyrrole nitrogens is 1. The molecule has 13 heavy (non-hydrogen) atoms. The summed E-state index contributed by atoms with van der Waals surface area (Å²) in [6, 6.07) is 7.71. The molecule has 64 valence electrons. The Morgan fingerprint density at radius 1 is 1.38 bits per heavy atom. The Kier molecular flexibility index (Phi) is 1.99. The zero-order valence-corrected chi connectivity index (χ0v) is 6.91. The van der Waals surface area contributed by atoms with Crippen LogP contribution in [0.3, 0.4) is 0 Å². The third kappa shape index (κ3) is 1.40. The van der Waals surface area contributed by atoms with Gasteiger partial charge in [0.05, 0.1) is 5.52 Å². The first-order valence-corrected chi connectivity index (χ1v) is 3.94. The van der Waals surface area contributed by atoms with E-state index in [1.165, 1.54) is 0 Å². The maximum Gasteiger partial charge on any atom is 0.115 e. The van der Waals surface area contributed by atoms with Gasteiger partial charge in [-0.05, 0) is 18.1 Å². The number of benzene rings is 1. The van der Waals surface area contributed by atoms with Crippen LogP contribution in [-0.2, 0) is 0 Å². The molecule has 1 aromatic heterocycles. The highest BCUT2D eigenvalue weighted by atomic mass is 16.2. The first-order chi connectivity index (χ1) is 6.42. The molecular weight excluding hydrogens is 164 g/mol. The van der Waals surface area contributed by atoms with Gasteiger partial charge in [0, 0.05) is 5.39 Å². The van der Waals surface area contributed by atoms with E-state index in [9.17, 15) is 0 Å². The van der Waals surface area contributed by atoms with Crippen molar-refractivity contribution in [3.8, 4) is 11.8 Å². The fraction of sp³-hybridized carbons (Fsp3) is 0.100. The van der Waals surface area contributed by atoms with Gasteiger partial charge in [-0.1, -0.05) is 18.1 Å². The predicted octanol–water partition coefficient (Wildman–Crippen LogP) is 0.907. The molecule has 0 saturated carbocycles. The van der Waals surface area contributed by atoms with Crippen LogP contribution in [-0.4, -0.2) is 21.9 Å². The Balaban J connectivity index is 2.58. The Morgan fingerprint density at radius 2 is 2.23 bits per heavy atom. The minimum atomic E-state index is -0.132. The van der Waals surface area contributed by atoms with Crippen LogP contribution in [0.1, 0.15) is 5.69 Å². The molecule has 0 aliphatic heterocycles. The summed E-state index contributed by atoms with van der Waals surface area (Å²) in [5, 5.41) is 16.4. The molecule has 0 aliphatic rings. The third-order valence-electron chi connectivity index (χ3n) is 1.75. The normalized spacial score (nSPS) is 9.62. The largest absolute Gasteiger partial charge is 0.384 e. The molecule has 1 heterocycles. The number of hydrogen-bond donors (Lipinski definition) is 2. The average Bonchev–Trinajstić information content (AvgIpc) is 2.58. The van der Waals surface area contributed by atoms with Crippen molar-refractivity contribution >= 4 is 10.9 Å². The van der Waals surface area contributed by atoms with Gasteiger partial charge in [-0.3, -0.25) is 5.10 Å². The standard InChI is InChI=1S/C10H8N2O/c13-7-3-6-10-8-4-1-2-5-9(8)11-12-10/h1-2,4-5,13H,7H2,(H,11,12). The van der Waals surface area contributed by atoms with E-state index in [4.69, 9.17) is 5.11 Å². The van der Waals surface area contributed by atoms with Gasteiger partial charge < -0.3 is 5.11 Å². The zero-order chi connectivity index (χ0) is 9.10. The van der Waals surface area contributed by atoms with Crippen molar-refractivity contribution in [1.29, 1.82) is 0 Å². The summed E-state index contributed by atoms with van der Waals surface area (Å²) in [7, 11) is 0. The second-order valence-electron chi connectivity index (χ2n) is 2.58. The molecule has 0 spiro atoms. The number of aliphatic hydroxyl groups is 1. The van der Waals surface area contributed by atoms with Crippen LogP contribution in [0.25, 0.3) is 10.9 Å². The number of rotatable bonds is 0. The Labute approximate surface area is 75.4 Å². The van der Waals surface area contributed by atoms with Gasteiger partial charge in [-0.25, -0.2) is 0 Å². The summed E-state index contributed by atoms with van der Waals surface area (Å²) >= 11 is 0. The number of aromatic amines is 1. The van der Waals surface area contributed by atoms with E-state index in [0.717, 1.165) is 16.6 Å². The topological polar surface area (TPSA) is 48.9 Å². The lowest BCUT2D eigenvalue weighted by Crippen LogP contribution is -1.77. The average molecular weight is 172 g/mol. The van der Waals surface area contributed by atoms with Crippen molar-refractivity contribution in [3.05, 3.63) is 30.0 Å². The highest BCUT2D eigenvalue weighted by Gasteiger charge is 1.99. The van der Waals surface area contributed by atoms with Crippen LogP contribution >= 0.6 is 0 Å². The van der Waals surface area contributed by atoms with E-state index >= 15 is 0 Å². The first kappa shape index (κ1) is 7.84. The van der Waals surface area contributed by atoms with Crippen molar-refractivity contribution in [3.63, 3.8) is 0 Å². The molecule has 2 rings (SSSR count). The van der Waals surface area contributed by atoms with Crippen LogP contribution in [0.5, 0.6) is 0 Å². The Morgan fingerprint density at radius 3 is 3.08 bits per heavy atom. The van der Waals surface area contributed by atoms with Crippen LogP contribution in [0.2, 0.25) is 0 Å². The second kappa shape index (κ2) is 3.30. The summed E-state index contributed by atoms with van der Waals surface area (Å²) in [4.78, 5) is 0. The van der Waals surface area contributed by atoms with Gasteiger partial charge in [-0.2, -0.15) is 5.10 Å². The lowest BCUT2D eigenvalue weighted by atomic mass is 10.2. The van der Waals surface area contributed by atoms with E-state index in [2.05, 4.69) is 22.0 Å². The van der Waals surface area contributed by atoms with E-state index in [1.807, 2.05) is 24.3 Å². The second-order valence-corrected chi connectivity index (χ2v) is 2.58. The van der Waals surface area contributed by atoms with Crippen molar-refractivity contribution in [2.75, 3.05) is 6.61 Å². The van der Waals surface area contributed by atoms with Gasteiger partial charge >= 0.3 is 0 Å². The number of para-hydroxylation sites is 1. The van der Waals surface area contributed by atoms with Gasteiger partial charge in [0.1, 0.15) is 12.3 Å². The lowest BCUT2D eigenvalue weighted by Gasteiger charge is -1.85. The summed E-state index contributed by atoms with van der Waals surface area (Å²) in [6.45, 7) is -0.132. The maximum atomic E-state index is 8.53. The van der Waals surface area contributed by atoms with Crippen molar-refractivity contribution in [2.24, 2.45) is 0 Å². The minimum absolute atomic E-state index is 0.132. The van der Waals surface area contributed by atoms with Gasteiger partial charge in [0.2, 0.25) is 0 Å². The van der Waals surface area contributed by atoms with Crippen molar-refractivity contribution in [2.45, 2.75) is 0 Å². The predicted molar refractivity (Wildman–Crippen MR) is 50.1 cm³/mol. The molecule has 2 N–H and O–H groups in total. The third-order valence-corrected chi connectivity index (χ3v) is 1.75. The van der Waals surface area contributed by atoms with Crippen LogP contribution in [0, 0.1) is 11.8 Å². The Hall–Kier alpha value is -1.79.